The predicted molar refractivity (Wildman–Crippen MR) is 89.1 cm³/mol. The molecular formula is C17H21FN2O2S. The molecule has 0 aliphatic heterocycles. The molecule has 4 nitrogen and oxygen atoms in total. The van der Waals surface area contributed by atoms with Crippen molar-refractivity contribution in [2.45, 2.75) is 26.7 Å². The van der Waals surface area contributed by atoms with Crippen molar-refractivity contribution in [3.05, 3.63) is 51.7 Å². The van der Waals surface area contributed by atoms with E-state index in [9.17, 15) is 9.18 Å². The van der Waals surface area contributed by atoms with Crippen LogP contribution in [0.15, 0.2) is 29.6 Å². The standard InChI is InChI=1S/C17H21FN2O2S/c1-17(2,6-7-21)11-19-16(22)14-10-23-15(20-14)9-12-4-3-5-13(18)8-12/h3-5,8,10,21H,6-7,9,11H2,1-2H3,(H,19,22). The minimum atomic E-state index is -0.275. The highest BCUT2D eigenvalue weighted by Crippen LogP contribution is 2.19. The van der Waals surface area contributed by atoms with Crippen molar-refractivity contribution in [2.24, 2.45) is 5.41 Å². The van der Waals surface area contributed by atoms with E-state index in [1.807, 2.05) is 19.9 Å². The number of hydrogen-bond acceptors (Lipinski definition) is 4. The topological polar surface area (TPSA) is 62.2 Å². The number of aliphatic hydroxyl groups excluding tert-OH is 1. The molecule has 2 aromatic rings. The van der Waals surface area contributed by atoms with Crippen LogP contribution in [0.2, 0.25) is 0 Å². The number of amides is 1. The Kier molecular flexibility index (Phi) is 5.85. The summed E-state index contributed by atoms with van der Waals surface area (Å²) in [6.45, 7) is 4.54. The first kappa shape index (κ1) is 17.6. The minimum absolute atomic E-state index is 0.0946. The molecule has 0 radical (unpaired) electrons. The average Bonchev–Trinajstić information content (AvgIpc) is 2.93. The van der Waals surface area contributed by atoms with Crippen molar-refractivity contribution in [1.82, 2.24) is 10.3 Å². The molecule has 0 saturated carbocycles. The quantitative estimate of drug-likeness (QED) is 0.817. The summed E-state index contributed by atoms with van der Waals surface area (Å²) in [6.07, 6.45) is 1.13. The summed E-state index contributed by atoms with van der Waals surface area (Å²) in [5, 5.41) is 14.3. The lowest BCUT2D eigenvalue weighted by Crippen LogP contribution is -2.34. The van der Waals surface area contributed by atoms with E-state index in [2.05, 4.69) is 10.3 Å². The fourth-order valence-corrected chi connectivity index (χ4v) is 2.93. The van der Waals surface area contributed by atoms with Crippen LogP contribution in [-0.2, 0) is 6.42 Å². The molecule has 0 unspecified atom stereocenters. The molecule has 1 heterocycles. The van der Waals surface area contributed by atoms with Crippen LogP contribution in [0.4, 0.5) is 4.39 Å². The van der Waals surface area contributed by atoms with E-state index < -0.39 is 0 Å². The van der Waals surface area contributed by atoms with E-state index >= 15 is 0 Å². The second kappa shape index (κ2) is 7.66. The van der Waals surface area contributed by atoms with Gasteiger partial charge in [-0.05, 0) is 29.5 Å². The van der Waals surface area contributed by atoms with Gasteiger partial charge >= 0.3 is 0 Å². The van der Waals surface area contributed by atoms with Gasteiger partial charge in [0.2, 0.25) is 0 Å². The van der Waals surface area contributed by atoms with Gasteiger partial charge in [0.05, 0.1) is 5.01 Å². The first-order chi connectivity index (χ1) is 10.9. The lowest BCUT2D eigenvalue weighted by Gasteiger charge is -2.23. The number of carbonyl (C=O) groups excluding carboxylic acids is 1. The zero-order chi connectivity index (χ0) is 16.9. The first-order valence-corrected chi connectivity index (χ1v) is 8.35. The summed E-state index contributed by atoms with van der Waals surface area (Å²) in [6, 6.07) is 6.37. The van der Waals surface area contributed by atoms with Crippen molar-refractivity contribution >= 4 is 17.2 Å². The number of rotatable bonds is 7. The molecule has 0 aliphatic rings. The third-order valence-corrected chi connectivity index (χ3v) is 4.39. The minimum Gasteiger partial charge on any atom is -0.396 e. The summed E-state index contributed by atoms with van der Waals surface area (Å²) >= 11 is 1.39. The van der Waals surface area contributed by atoms with Gasteiger partial charge in [-0.15, -0.1) is 11.3 Å². The Morgan fingerprint density at radius 1 is 1.43 bits per heavy atom. The van der Waals surface area contributed by atoms with Crippen molar-refractivity contribution in [1.29, 1.82) is 0 Å². The maximum atomic E-state index is 13.2. The molecule has 0 fully saturated rings. The number of benzene rings is 1. The van der Waals surface area contributed by atoms with Gasteiger partial charge in [0, 0.05) is 25.0 Å². The van der Waals surface area contributed by atoms with Crippen molar-refractivity contribution in [3.63, 3.8) is 0 Å². The largest absolute Gasteiger partial charge is 0.396 e. The van der Waals surface area contributed by atoms with Crippen LogP contribution in [0.3, 0.4) is 0 Å². The first-order valence-electron chi connectivity index (χ1n) is 7.47. The SMILES string of the molecule is CC(C)(CCO)CNC(=O)c1csc(Cc2cccc(F)c2)n1. The Hall–Kier alpha value is -1.79. The van der Waals surface area contributed by atoms with Crippen LogP contribution in [0, 0.1) is 11.2 Å². The van der Waals surface area contributed by atoms with Crippen molar-refractivity contribution < 1.29 is 14.3 Å². The Balaban J connectivity index is 1.94. The number of aliphatic hydroxyl groups is 1. The highest BCUT2D eigenvalue weighted by molar-refractivity contribution is 7.09. The van der Waals surface area contributed by atoms with Gasteiger partial charge in [-0.1, -0.05) is 26.0 Å². The van der Waals surface area contributed by atoms with Crippen LogP contribution in [0.25, 0.3) is 0 Å². The molecule has 1 amide bonds. The third-order valence-electron chi connectivity index (χ3n) is 3.54. The number of nitrogens with one attached hydrogen (secondary N) is 1. The molecule has 2 N–H and O–H groups in total. The lowest BCUT2D eigenvalue weighted by molar-refractivity contribution is 0.0923. The average molecular weight is 336 g/mol. The van der Waals surface area contributed by atoms with Crippen LogP contribution in [-0.4, -0.2) is 29.1 Å². The molecule has 0 aliphatic carbocycles. The molecule has 0 atom stereocenters. The summed E-state index contributed by atoms with van der Waals surface area (Å²) in [5.74, 6) is -0.499. The highest BCUT2D eigenvalue weighted by atomic mass is 32.1. The molecule has 0 spiro atoms. The molecular weight excluding hydrogens is 315 g/mol. The fraction of sp³-hybridized carbons (Fsp3) is 0.412. The summed E-state index contributed by atoms with van der Waals surface area (Å²) < 4.78 is 13.2. The second-order valence-electron chi connectivity index (χ2n) is 6.25. The number of nitrogens with zero attached hydrogens (tertiary/aromatic N) is 1. The lowest BCUT2D eigenvalue weighted by atomic mass is 9.90. The van der Waals surface area contributed by atoms with E-state index in [-0.39, 0.29) is 23.7 Å². The molecule has 23 heavy (non-hydrogen) atoms. The second-order valence-corrected chi connectivity index (χ2v) is 7.20. The van der Waals surface area contributed by atoms with Crippen LogP contribution in [0.1, 0.15) is 41.3 Å². The van der Waals surface area contributed by atoms with Crippen molar-refractivity contribution in [2.75, 3.05) is 13.2 Å². The van der Waals surface area contributed by atoms with Crippen LogP contribution >= 0.6 is 11.3 Å². The fourth-order valence-electron chi connectivity index (χ4n) is 2.12. The normalized spacial score (nSPS) is 11.5. The Labute approximate surface area is 139 Å². The Morgan fingerprint density at radius 2 is 2.22 bits per heavy atom. The molecule has 0 bridgehead atoms. The van der Waals surface area contributed by atoms with Crippen LogP contribution in [0.5, 0.6) is 0 Å². The van der Waals surface area contributed by atoms with Gasteiger partial charge in [-0.25, -0.2) is 9.37 Å². The summed E-state index contributed by atoms with van der Waals surface area (Å²) in [5.41, 5.74) is 1.04. The van der Waals surface area contributed by atoms with Gasteiger partial charge in [0.1, 0.15) is 11.5 Å². The van der Waals surface area contributed by atoms with Gasteiger partial charge in [-0.2, -0.15) is 0 Å². The number of aromatic nitrogens is 1. The van der Waals surface area contributed by atoms with Gasteiger partial charge in [0.25, 0.3) is 5.91 Å². The molecule has 0 saturated heterocycles. The van der Waals surface area contributed by atoms with E-state index in [1.165, 1.54) is 23.5 Å². The van der Waals surface area contributed by atoms with E-state index in [0.717, 1.165) is 10.6 Å². The maximum absolute atomic E-state index is 13.2. The molecule has 124 valence electrons. The Morgan fingerprint density at radius 3 is 2.91 bits per heavy atom. The van der Waals surface area contributed by atoms with Crippen LogP contribution < -0.4 is 5.32 Å². The molecule has 2 rings (SSSR count). The highest BCUT2D eigenvalue weighted by Gasteiger charge is 2.19. The van der Waals surface area contributed by atoms with Gasteiger partial charge in [-0.3, -0.25) is 4.79 Å². The Bertz CT molecular complexity index is 670. The van der Waals surface area contributed by atoms with Gasteiger partial charge in [0.15, 0.2) is 0 Å². The van der Waals surface area contributed by atoms with Crippen molar-refractivity contribution in [3.8, 4) is 0 Å². The smallest absolute Gasteiger partial charge is 0.270 e. The number of hydrogen-bond donors (Lipinski definition) is 2. The van der Waals surface area contributed by atoms with E-state index in [1.54, 1.807) is 11.4 Å². The number of thiazole rings is 1. The predicted octanol–water partition coefficient (Wildman–Crippen LogP) is 3.01. The number of halogens is 1. The van der Waals surface area contributed by atoms with Gasteiger partial charge < -0.3 is 10.4 Å². The molecule has 1 aromatic carbocycles. The summed E-state index contributed by atoms with van der Waals surface area (Å²) in [7, 11) is 0. The summed E-state index contributed by atoms with van der Waals surface area (Å²) in [4.78, 5) is 16.4. The maximum Gasteiger partial charge on any atom is 0.270 e. The molecule has 6 heteroatoms. The molecule has 1 aromatic heterocycles. The zero-order valence-electron chi connectivity index (χ0n) is 13.3. The van der Waals surface area contributed by atoms with E-state index in [4.69, 9.17) is 5.11 Å². The number of carbonyl (C=O) groups is 1. The van der Waals surface area contributed by atoms with E-state index in [0.29, 0.717) is 25.1 Å². The third kappa shape index (κ3) is 5.41. The zero-order valence-corrected chi connectivity index (χ0v) is 14.1. The monoisotopic (exact) mass is 336 g/mol.